The first-order valence-electron chi connectivity index (χ1n) is 3.37. The molecule has 0 unspecified atom stereocenters. The molecule has 2 rings (SSSR count). The minimum absolute atomic E-state index is 0.554. The maximum absolute atomic E-state index is 4.12. The molecule has 2 heterocycles. The van der Waals surface area contributed by atoms with Gasteiger partial charge in [-0.1, -0.05) is 0 Å². The lowest BCUT2D eigenvalue weighted by Crippen LogP contribution is -1.99. The predicted octanol–water partition coefficient (Wildman–Crippen LogP) is 0.951. The van der Waals surface area contributed by atoms with Crippen molar-refractivity contribution in [3.8, 4) is 5.95 Å². The van der Waals surface area contributed by atoms with Crippen molar-refractivity contribution in [2.45, 2.75) is 4.90 Å². The van der Waals surface area contributed by atoms with Crippen molar-refractivity contribution < 1.29 is 0 Å². The lowest BCUT2D eigenvalue weighted by molar-refractivity contribution is 0.807. The van der Waals surface area contributed by atoms with Gasteiger partial charge in [-0.2, -0.15) is 5.10 Å². The number of nitrogens with zero attached hydrogens (tertiary/aromatic N) is 4. The second kappa shape index (κ2) is 2.94. The van der Waals surface area contributed by atoms with Crippen molar-refractivity contribution in [1.29, 1.82) is 0 Å². The fraction of sp³-hybridized carbons (Fsp3) is 0. The zero-order chi connectivity index (χ0) is 8.39. The Hall–Kier alpha value is -1.36. The average molecular weight is 178 g/mol. The first kappa shape index (κ1) is 7.30. The van der Waals surface area contributed by atoms with E-state index in [1.165, 1.54) is 0 Å². The van der Waals surface area contributed by atoms with Crippen LogP contribution in [0.3, 0.4) is 0 Å². The van der Waals surface area contributed by atoms with Gasteiger partial charge in [0.2, 0.25) is 5.95 Å². The zero-order valence-corrected chi connectivity index (χ0v) is 7.02. The molecule has 2 aromatic heterocycles. The van der Waals surface area contributed by atoms with Gasteiger partial charge < -0.3 is 0 Å². The summed E-state index contributed by atoms with van der Waals surface area (Å²) >= 11 is 4.12. The van der Waals surface area contributed by atoms with E-state index >= 15 is 0 Å². The van der Waals surface area contributed by atoms with Gasteiger partial charge in [-0.05, 0) is 6.07 Å². The minimum atomic E-state index is 0.554. The van der Waals surface area contributed by atoms with E-state index in [-0.39, 0.29) is 0 Å². The van der Waals surface area contributed by atoms with E-state index in [4.69, 9.17) is 0 Å². The Morgan fingerprint density at radius 3 is 2.58 bits per heavy atom. The summed E-state index contributed by atoms with van der Waals surface area (Å²) in [6.07, 6.45) is 6.72. The molecular formula is C7H6N4S. The van der Waals surface area contributed by atoms with Gasteiger partial charge in [0.1, 0.15) is 0 Å². The molecule has 0 aliphatic rings. The molecule has 0 atom stereocenters. The molecule has 0 radical (unpaired) electrons. The number of hydrogen-bond donors (Lipinski definition) is 1. The van der Waals surface area contributed by atoms with Crippen molar-refractivity contribution in [2.24, 2.45) is 0 Å². The molecule has 5 heteroatoms. The van der Waals surface area contributed by atoms with Crippen LogP contribution in [0.5, 0.6) is 0 Å². The van der Waals surface area contributed by atoms with Crippen LogP contribution in [0.25, 0.3) is 5.95 Å². The fourth-order valence-electron chi connectivity index (χ4n) is 0.832. The van der Waals surface area contributed by atoms with Gasteiger partial charge >= 0.3 is 0 Å². The van der Waals surface area contributed by atoms with Gasteiger partial charge in [0, 0.05) is 23.5 Å². The molecule has 0 spiro atoms. The second-order valence-electron chi connectivity index (χ2n) is 2.19. The first-order chi connectivity index (χ1) is 5.86. The molecule has 60 valence electrons. The van der Waals surface area contributed by atoms with E-state index in [0.29, 0.717) is 5.95 Å². The third-order valence-corrected chi connectivity index (χ3v) is 1.56. The van der Waals surface area contributed by atoms with Gasteiger partial charge in [-0.25, -0.2) is 14.6 Å². The van der Waals surface area contributed by atoms with Gasteiger partial charge in [-0.15, -0.1) is 12.6 Å². The largest absolute Gasteiger partial charge is 0.250 e. The number of thiol groups is 1. The second-order valence-corrected chi connectivity index (χ2v) is 2.71. The molecule has 0 bridgehead atoms. The molecule has 0 aliphatic heterocycles. The molecule has 0 fully saturated rings. The summed E-state index contributed by atoms with van der Waals surface area (Å²) in [5.41, 5.74) is 0. The van der Waals surface area contributed by atoms with Crippen LogP contribution in [-0.2, 0) is 0 Å². The molecular weight excluding hydrogens is 172 g/mol. The van der Waals surface area contributed by atoms with Crippen LogP contribution in [0.15, 0.2) is 35.7 Å². The number of rotatable bonds is 1. The minimum Gasteiger partial charge on any atom is -0.220 e. The third-order valence-electron chi connectivity index (χ3n) is 1.33. The van der Waals surface area contributed by atoms with Crippen molar-refractivity contribution >= 4 is 12.6 Å². The fourth-order valence-corrected chi connectivity index (χ4v) is 0.993. The van der Waals surface area contributed by atoms with Crippen LogP contribution in [0.4, 0.5) is 0 Å². The Bertz CT molecular complexity index is 370. The SMILES string of the molecule is Sc1cnn(-c2ncccn2)c1. The van der Waals surface area contributed by atoms with E-state index in [2.05, 4.69) is 27.7 Å². The maximum Gasteiger partial charge on any atom is 0.250 e. The summed E-state index contributed by atoms with van der Waals surface area (Å²) in [4.78, 5) is 8.83. The monoisotopic (exact) mass is 178 g/mol. The Morgan fingerprint density at radius 2 is 2.00 bits per heavy atom. The standard InChI is InChI=1S/C7H6N4S/c12-6-4-10-11(5-6)7-8-2-1-3-9-7/h1-5,12H. The van der Waals surface area contributed by atoms with Crippen LogP contribution < -0.4 is 0 Å². The lowest BCUT2D eigenvalue weighted by Gasteiger charge is -1.95. The van der Waals surface area contributed by atoms with Gasteiger partial charge in [0.05, 0.1) is 6.20 Å². The quantitative estimate of drug-likeness (QED) is 0.661. The number of aromatic nitrogens is 4. The summed E-state index contributed by atoms with van der Waals surface area (Å²) in [6.45, 7) is 0. The highest BCUT2D eigenvalue weighted by Crippen LogP contribution is 2.04. The molecule has 12 heavy (non-hydrogen) atoms. The van der Waals surface area contributed by atoms with Crippen molar-refractivity contribution in [3.63, 3.8) is 0 Å². The van der Waals surface area contributed by atoms with E-state index in [1.807, 2.05) is 0 Å². The van der Waals surface area contributed by atoms with Crippen molar-refractivity contribution in [3.05, 3.63) is 30.9 Å². The summed E-state index contributed by atoms with van der Waals surface area (Å²) in [5.74, 6) is 0.554. The first-order valence-corrected chi connectivity index (χ1v) is 3.82. The Labute approximate surface area is 74.7 Å². The smallest absolute Gasteiger partial charge is 0.220 e. The van der Waals surface area contributed by atoms with E-state index in [0.717, 1.165) is 4.90 Å². The Morgan fingerprint density at radius 1 is 1.25 bits per heavy atom. The highest BCUT2D eigenvalue weighted by Gasteiger charge is 1.98. The summed E-state index contributed by atoms with van der Waals surface area (Å²) in [5, 5.41) is 4.00. The number of hydrogen-bond acceptors (Lipinski definition) is 4. The highest BCUT2D eigenvalue weighted by molar-refractivity contribution is 7.80. The van der Waals surface area contributed by atoms with Crippen LogP contribution in [0.2, 0.25) is 0 Å². The van der Waals surface area contributed by atoms with Gasteiger partial charge in [0.15, 0.2) is 0 Å². The Kier molecular flexibility index (Phi) is 1.79. The molecule has 0 aliphatic carbocycles. The summed E-state index contributed by atoms with van der Waals surface area (Å²) in [6, 6.07) is 1.76. The topological polar surface area (TPSA) is 43.6 Å². The molecule has 0 N–H and O–H groups in total. The van der Waals surface area contributed by atoms with E-state index < -0.39 is 0 Å². The molecule has 0 amide bonds. The van der Waals surface area contributed by atoms with Crippen LogP contribution >= 0.6 is 12.6 Å². The molecule has 0 aromatic carbocycles. The van der Waals surface area contributed by atoms with Gasteiger partial charge in [0.25, 0.3) is 0 Å². The summed E-state index contributed by atoms with van der Waals surface area (Å²) < 4.78 is 1.57. The van der Waals surface area contributed by atoms with Crippen LogP contribution in [-0.4, -0.2) is 19.7 Å². The van der Waals surface area contributed by atoms with Crippen molar-refractivity contribution in [1.82, 2.24) is 19.7 Å². The third kappa shape index (κ3) is 1.31. The lowest BCUT2D eigenvalue weighted by atomic mass is 10.7. The molecule has 0 saturated heterocycles. The van der Waals surface area contributed by atoms with E-state index in [9.17, 15) is 0 Å². The van der Waals surface area contributed by atoms with Crippen LogP contribution in [0.1, 0.15) is 0 Å². The maximum atomic E-state index is 4.12. The van der Waals surface area contributed by atoms with Crippen LogP contribution in [0, 0.1) is 0 Å². The van der Waals surface area contributed by atoms with E-state index in [1.54, 1.807) is 35.5 Å². The summed E-state index contributed by atoms with van der Waals surface area (Å²) in [7, 11) is 0. The van der Waals surface area contributed by atoms with Gasteiger partial charge in [-0.3, -0.25) is 0 Å². The highest BCUT2D eigenvalue weighted by atomic mass is 32.1. The molecule has 0 saturated carbocycles. The molecule has 2 aromatic rings. The normalized spacial score (nSPS) is 10.1. The zero-order valence-electron chi connectivity index (χ0n) is 6.12. The predicted molar refractivity (Wildman–Crippen MR) is 46.4 cm³/mol. The average Bonchev–Trinajstić information content (AvgIpc) is 2.54. The Balaban J connectivity index is 2.45. The van der Waals surface area contributed by atoms with Crippen molar-refractivity contribution in [2.75, 3.05) is 0 Å². The molecule has 4 nitrogen and oxygen atoms in total.